The maximum absolute atomic E-state index is 11.6. The van der Waals surface area contributed by atoms with E-state index in [-0.39, 0.29) is 0 Å². The Morgan fingerprint density at radius 1 is 0.815 bits per heavy atom. The van der Waals surface area contributed by atoms with Gasteiger partial charge in [-0.05, 0) is 0 Å². The molecule has 0 unspecified atom stereocenters. The predicted molar refractivity (Wildman–Crippen MR) is 85.8 cm³/mol. The Labute approximate surface area is 155 Å². The van der Waals surface area contributed by atoms with E-state index in [9.17, 15) is 29.1 Å². The van der Waals surface area contributed by atoms with Crippen molar-refractivity contribution in [3.05, 3.63) is 0 Å². The predicted octanol–water partition coefficient (Wildman–Crippen LogP) is -1.41. The number of ether oxygens (including phenoxy) is 4. The number of esters is 4. The molecule has 1 amide bonds. The minimum atomic E-state index is -2.23. The van der Waals surface area contributed by atoms with Crippen molar-refractivity contribution < 1.29 is 48.0 Å². The van der Waals surface area contributed by atoms with Gasteiger partial charge in [0.2, 0.25) is 5.91 Å². The normalized spacial score (nSPS) is 29.4. The molecule has 11 heteroatoms. The highest BCUT2D eigenvalue weighted by molar-refractivity contribution is 5.74. The lowest BCUT2D eigenvalue weighted by Crippen LogP contribution is -2.60. The van der Waals surface area contributed by atoms with Crippen LogP contribution in [0.3, 0.4) is 0 Å². The Morgan fingerprint density at radius 2 is 1.30 bits per heavy atom. The average molecular weight is 389 g/mol. The lowest BCUT2D eigenvalue weighted by atomic mass is 9.95. The number of carbonyl (C=O) groups excluding carboxylic acids is 5. The van der Waals surface area contributed by atoms with Gasteiger partial charge in [-0.25, -0.2) is 0 Å². The molecule has 0 heterocycles. The van der Waals surface area contributed by atoms with Crippen LogP contribution in [-0.2, 0) is 42.9 Å². The van der Waals surface area contributed by atoms with Gasteiger partial charge in [0.15, 0.2) is 23.9 Å². The highest BCUT2D eigenvalue weighted by atomic mass is 16.6. The maximum Gasteiger partial charge on any atom is 0.303 e. The van der Waals surface area contributed by atoms with Crippen molar-refractivity contribution in [2.24, 2.45) is 0 Å². The van der Waals surface area contributed by atoms with Crippen molar-refractivity contribution >= 4 is 29.8 Å². The lowest BCUT2D eigenvalue weighted by molar-refractivity contribution is -0.189. The van der Waals surface area contributed by atoms with E-state index in [1.807, 2.05) is 0 Å². The highest BCUT2D eigenvalue weighted by Crippen LogP contribution is 2.38. The summed E-state index contributed by atoms with van der Waals surface area (Å²) in [6.45, 7) is 4.67. The van der Waals surface area contributed by atoms with E-state index in [4.69, 9.17) is 18.9 Å². The zero-order chi connectivity index (χ0) is 20.9. The fourth-order valence-corrected chi connectivity index (χ4v) is 2.92. The van der Waals surface area contributed by atoms with Crippen molar-refractivity contribution in [3.63, 3.8) is 0 Å². The largest absolute Gasteiger partial charge is 0.463 e. The van der Waals surface area contributed by atoms with E-state index in [1.54, 1.807) is 0 Å². The van der Waals surface area contributed by atoms with Crippen LogP contribution in [0, 0.1) is 0 Å². The Bertz CT molecular complexity index is 589. The topological polar surface area (TPSA) is 155 Å². The molecule has 0 spiro atoms. The van der Waals surface area contributed by atoms with Crippen molar-refractivity contribution in [3.8, 4) is 0 Å². The van der Waals surface area contributed by atoms with Crippen LogP contribution in [0.25, 0.3) is 0 Å². The first-order chi connectivity index (χ1) is 12.4. The van der Waals surface area contributed by atoms with Crippen molar-refractivity contribution in [2.75, 3.05) is 6.61 Å². The third-order valence-corrected chi connectivity index (χ3v) is 3.74. The van der Waals surface area contributed by atoms with Crippen LogP contribution in [0.2, 0.25) is 0 Å². The number of hydrogen-bond donors (Lipinski definition) is 2. The van der Waals surface area contributed by atoms with Gasteiger partial charge < -0.3 is 29.4 Å². The first-order valence-corrected chi connectivity index (χ1v) is 8.03. The fraction of sp³-hybridized carbons (Fsp3) is 0.688. The summed E-state index contributed by atoms with van der Waals surface area (Å²) in [6, 6.07) is -1.40. The highest BCUT2D eigenvalue weighted by Gasteiger charge is 2.66. The number of aliphatic hydroxyl groups is 1. The first-order valence-electron chi connectivity index (χ1n) is 8.03. The van der Waals surface area contributed by atoms with E-state index < -0.39 is 66.3 Å². The second-order valence-electron chi connectivity index (χ2n) is 6.13. The van der Waals surface area contributed by atoms with Crippen LogP contribution in [0.5, 0.6) is 0 Å². The number of carbonyl (C=O) groups is 5. The molecule has 0 radical (unpaired) electrons. The fourth-order valence-electron chi connectivity index (χ4n) is 2.92. The van der Waals surface area contributed by atoms with Crippen LogP contribution in [-0.4, -0.2) is 71.5 Å². The van der Waals surface area contributed by atoms with Crippen LogP contribution in [0.4, 0.5) is 0 Å². The molecule has 0 bridgehead atoms. The van der Waals surface area contributed by atoms with E-state index in [1.165, 1.54) is 0 Å². The zero-order valence-corrected chi connectivity index (χ0v) is 15.6. The Morgan fingerprint density at radius 3 is 1.70 bits per heavy atom. The van der Waals surface area contributed by atoms with E-state index in [0.29, 0.717) is 0 Å². The molecule has 0 aromatic rings. The van der Waals surface area contributed by atoms with Gasteiger partial charge >= 0.3 is 23.9 Å². The van der Waals surface area contributed by atoms with Gasteiger partial charge in [0.05, 0.1) is 0 Å². The van der Waals surface area contributed by atoms with Gasteiger partial charge in [0.1, 0.15) is 12.6 Å². The molecule has 5 atom stereocenters. The summed E-state index contributed by atoms with van der Waals surface area (Å²) in [4.78, 5) is 57.4. The van der Waals surface area contributed by atoms with Gasteiger partial charge in [-0.15, -0.1) is 0 Å². The summed E-state index contributed by atoms with van der Waals surface area (Å²) in [5.74, 6) is -3.84. The summed E-state index contributed by atoms with van der Waals surface area (Å²) in [7, 11) is 0. The van der Waals surface area contributed by atoms with Crippen molar-refractivity contribution in [2.45, 2.75) is 64.6 Å². The smallest absolute Gasteiger partial charge is 0.303 e. The summed E-state index contributed by atoms with van der Waals surface area (Å²) in [5, 5.41) is 13.6. The van der Waals surface area contributed by atoms with Crippen LogP contribution < -0.4 is 5.32 Å². The third kappa shape index (κ3) is 5.64. The molecule has 1 rings (SSSR count). The lowest BCUT2D eigenvalue weighted by Gasteiger charge is -2.34. The molecule has 27 heavy (non-hydrogen) atoms. The molecule has 152 valence electrons. The molecule has 0 aromatic carbocycles. The average Bonchev–Trinajstić information content (AvgIpc) is 2.67. The molecule has 11 nitrogen and oxygen atoms in total. The number of amides is 1. The monoisotopic (exact) mass is 389 g/mol. The zero-order valence-electron chi connectivity index (χ0n) is 15.6. The number of hydrogen-bond acceptors (Lipinski definition) is 10. The van der Waals surface area contributed by atoms with Crippen LogP contribution in [0.15, 0.2) is 0 Å². The van der Waals surface area contributed by atoms with Crippen LogP contribution in [0.1, 0.15) is 34.6 Å². The molecule has 0 aromatic heterocycles. The van der Waals surface area contributed by atoms with Crippen LogP contribution >= 0.6 is 0 Å². The minimum Gasteiger partial charge on any atom is -0.463 e. The van der Waals surface area contributed by atoms with Gasteiger partial charge in [-0.3, -0.25) is 24.0 Å². The molecule has 0 aliphatic heterocycles. The van der Waals surface area contributed by atoms with Gasteiger partial charge in [-0.1, -0.05) is 0 Å². The molecule has 1 fully saturated rings. The molecule has 2 N–H and O–H groups in total. The molecule has 1 aliphatic rings. The van der Waals surface area contributed by atoms with E-state index in [0.717, 1.165) is 34.6 Å². The first kappa shape index (κ1) is 22.4. The standard InChI is InChI=1S/C16H23NO10/c1-7(18)17-14-12(25-9(3)20)13(26-10(4)21)15(27-11(5)22)16(14,23)6-24-8(2)19/h12-15,23H,6H2,1-5H3,(H,17,18)/t12-,13-,14-,15-,16+/m1/s1. The number of rotatable bonds is 6. The molecule has 1 aliphatic carbocycles. The minimum absolute atomic E-state index is 0.622. The Kier molecular flexibility index (Phi) is 7.28. The molecule has 1 saturated carbocycles. The second-order valence-corrected chi connectivity index (χ2v) is 6.13. The summed E-state index contributed by atoms with van der Waals surface area (Å²) in [5.41, 5.74) is -2.23. The summed E-state index contributed by atoms with van der Waals surface area (Å²) < 4.78 is 20.2. The van der Waals surface area contributed by atoms with Gasteiger partial charge in [0.25, 0.3) is 0 Å². The van der Waals surface area contributed by atoms with Gasteiger partial charge in [-0.2, -0.15) is 0 Å². The summed E-state index contributed by atoms with van der Waals surface area (Å²) >= 11 is 0. The van der Waals surface area contributed by atoms with E-state index >= 15 is 0 Å². The molecular formula is C16H23NO10. The maximum atomic E-state index is 11.6. The second kappa shape index (κ2) is 8.80. The Balaban J connectivity index is 3.48. The quantitative estimate of drug-likeness (QED) is 0.409. The van der Waals surface area contributed by atoms with Crippen molar-refractivity contribution in [1.29, 1.82) is 0 Å². The third-order valence-electron chi connectivity index (χ3n) is 3.74. The number of nitrogens with one attached hydrogen (secondary N) is 1. The van der Waals surface area contributed by atoms with Crippen molar-refractivity contribution in [1.82, 2.24) is 5.32 Å². The molecule has 0 saturated heterocycles. The van der Waals surface area contributed by atoms with E-state index in [2.05, 4.69) is 5.32 Å². The summed E-state index contributed by atoms with van der Waals surface area (Å²) in [6.07, 6.45) is -4.44. The van der Waals surface area contributed by atoms with Gasteiger partial charge in [0, 0.05) is 34.6 Å². The molecular weight excluding hydrogens is 366 g/mol. The Hall–Kier alpha value is -2.69. The SMILES string of the molecule is CC(=O)N[C@@H]1[C@H](OC(C)=O)[C@@H](OC(C)=O)[C@@H](OC(C)=O)[C@]1(O)COC(C)=O.